The van der Waals surface area contributed by atoms with E-state index in [-0.39, 0.29) is 0 Å². The highest BCUT2D eigenvalue weighted by Crippen LogP contribution is 2.16. The van der Waals surface area contributed by atoms with Gasteiger partial charge in [0, 0.05) is 0 Å². The highest BCUT2D eigenvalue weighted by molar-refractivity contribution is 5.90. The molecular weight excluding hydrogens is 238 g/mol. The molecule has 0 aromatic carbocycles. The summed E-state index contributed by atoms with van der Waals surface area (Å²) in [5, 5.41) is 36.2. The zero-order valence-electron chi connectivity index (χ0n) is 8.54. The van der Waals surface area contributed by atoms with Crippen molar-refractivity contribution in [2.75, 3.05) is 6.54 Å². The molecule has 0 heterocycles. The summed E-state index contributed by atoms with van der Waals surface area (Å²) < 4.78 is 0. The van der Waals surface area contributed by atoms with Gasteiger partial charge >= 0.3 is 23.9 Å². The fourth-order valence-electron chi connectivity index (χ4n) is 1.18. The molecule has 0 saturated heterocycles. The van der Waals surface area contributed by atoms with Crippen molar-refractivity contribution in [3.8, 4) is 0 Å². The molecule has 0 aliphatic rings. The predicted molar refractivity (Wildman–Crippen MR) is 50.5 cm³/mol. The molecule has 17 heavy (non-hydrogen) atoms. The maximum atomic E-state index is 10.9. The Bertz CT molecular complexity index is 333. The first-order chi connectivity index (χ1) is 7.69. The number of hydrogen-bond donors (Lipinski definition) is 5. The number of hydrogen-bond acceptors (Lipinski definition) is 5. The average Bonchev–Trinajstić information content (AvgIpc) is 2.11. The normalized spacial score (nSPS) is 10.8. The summed E-state index contributed by atoms with van der Waals surface area (Å²) in [4.78, 5) is 42.2. The summed E-state index contributed by atoms with van der Waals surface area (Å²) in [5.41, 5.74) is -2.34. The van der Waals surface area contributed by atoms with Crippen molar-refractivity contribution in [1.82, 2.24) is 5.32 Å². The van der Waals surface area contributed by atoms with Gasteiger partial charge in [-0.05, 0) is 0 Å². The molecule has 0 spiro atoms. The van der Waals surface area contributed by atoms with Gasteiger partial charge in [-0.2, -0.15) is 0 Å². The van der Waals surface area contributed by atoms with Gasteiger partial charge in [0.05, 0.1) is 19.4 Å². The highest BCUT2D eigenvalue weighted by Gasteiger charge is 2.43. The number of carboxylic acid groups (broad SMARTS) is 4. The van der Waals surface area contributed by atoms with Crippen LogP contribution in [0.4, 0.5) is 0 Å². The highest BCUT2D eigenvalue weighted by atomic mass is 16.4. The van der Waals surface area contributed by atoms with E-state index in [1.807, 2.05) is 5.32 Å². The van der Waals surface area contributed by atoms with Gasteiger partial charge in [0.25, 0.3) is 0 Å². The number of rotatable bonds is 8. The van der Waals surface area contributed by atoms with E-state index in [0.29, 0.717) is 0 Å². The third-order valence-electron chi connectivity index (χ3n) is 1.89. The van der Waals surface area contributed by atoms with E-state index in [1.165, 1.54) is 0 Å². The van der Waals surface area contributed by atoms with Crippen molar-refractivity contribution in [2.24, 2.45) is 0 Å². The Balaban J connectivity index is 5.07. The van der Waals surface area contributed by atoms with Crippen molar-refractivity contribution >= 4 is 23.9 Å². The van der Waals surface area contributed by atoms with Crippen LogP contribution in [0, 0.1) is 0 Å². The van der Waals surface area contributed by atoms with Crippen LogP contribution in [0.3, 0.4) is 0 Å². The summed E-state index contributed by atoms with van der Waals surface area (Å²) in [6, 6.07) is 0. The quantitative estimate of drug-likeness (QED) is 0.342. The molecule has 0 bridgehead atoms. The number of nitrogens with one attached hydrogen (secondary N) is 1. The smallest absolute Gasteiger partial charge is 0.325 e. The van der Waals surface area contributed by atoms with Crippen LogP contribution < -0.4 is 5.32 Å². The molecule has 0 aromatic heterocycles. The predicted octanol–water partition coefficient (Wildman–Crippen LogP) is -1.57. The van der Waals surface area contributed by atoms with Crippen molar-refractivity contribution in [3.63, 3.8) is 0 Å². The largest absolute Gasteiger partial charge is 0.481 e. The zero-order valence-corrected chi connectivity index (χ0v) is 8.54. The van der Waals surface area contributed by atoms with Crippen LogP contribution in [0.1, 0.15) is 12.8 Å². The molecule has 0 saturated carbocycles. The number of carbonyl (C=O) groups is 4. The molecule has 0 unspecified atom stereocenters. The van der Waals surface area contributed by atoms with Gasteiger partial charge in [-0.1, -0.05) is 0 Å². The second-order valence-electron chi connectivity index (χ2n) is 3.28. The molecule has 0 aliphatic carbocycles. The second kappa shape index (κ2) is 5.80. The summed E-state index contributed by atoms with van der Waals surface area (Å²) >= 11 is 0. The lowest BCUT2D eigenvalue weighted by molar-refractivity contribution is -0.156. The van der Waals surface area contributed by atoms with Crippen molar-refractivity contribution in [2.45, 2.75) is 18.4 Å². The van der Waals surface area contributed by atoms with Gasteiger partial charge in [0.2, 0.25) is 0 Å². The minimum absolute atomic E-state index is 0.854. The van der Waals surface area contributed by atoms with Crippen molar-refractivity contribution in [1.29, 1.82) is 0 Å². The van der Waals surface area contributed by atoms with Crippen LogP contribution in [0.5, 0.6) is 0 Å². The lowest BCUT2D eigenvalue weighted by Crippen LogP contribution is -2.56. The second-order valence-corrected chi connectivity index (χ2v) is 3.28. The summed E-state index contributed by atoms with van der Waals surface area (Å²) in [5.74, 6) is -6.26. The van der Waals surface area contributed by atoms with Gasteiger partial charge in [-0.15, -0.1) is 0 Å². The van der Waals surface area contributed by atoms with E-state index in [4.69, 9.17) is 20.4 Å². The Morgan fingerprint density at radius 1 is 0.824 bits per heavy atom. The Morgan fingerprint density at radius 3 is 1.47 bits per heavy atom. The first-order valence-electron chi connectivity index (χ1n) is 4.33. The standard InChI is InChI=1S/C8H11NO8/c10-4(11)1-8(7(16)17,2-5(12)13)9-3-6(14)15/h9H,1-3H2,(H,10,11)(H,12,13)(H,14,15)(H,16,17). The minimum atomic E-state index is -2.34. The van der Waals surface area contributed by atoms with Gasteiger partial charge in [0.1, 0.15) is 5.54 Å². The molecule has 0 fully saturated rings. The first kappa shape index (κ1) is 14.8. The van der Waals surface area contributed by atoms with Crippen LogP contribution in [-0.2, 0) is 19.2 Å². The fourth-order valence-corrected chi connectivity index (χ4v) is 1.18. The Hall–Kier alpha value is -2.16. The molecule has 9 nitrogen and oxygen atoms in total. The SMILES string of the molecule is O=C(O)CNC(CC(=O)O)(CC(=O)O)C(=O)O. The van der Waals surface area contributed by atoms with Crippen LogP contribution in [-0.4, -0.2) is 56.4 Å². The molecular formula is C8H11NO8. The number of aliphatic carboxylic acids is 4. The summed E-state index contributed by atoms with van der Waals surface area (Å²) in [6.45, 7) is -0.854. The summed E-state index contributed by atoms with van der Waals surface area (Å²) in [7, 11) is 0. The molecule has 0 radical (unpaired) electrons. The molecule has 0 atom stereocenters. The fraction of sp³-hybridized carbons (Fsp3) is 0.500. The first-order valence-corrected chi connectivity index (χ1v) is 4.33. The average molecular weight is 249 g/mol. The Labute approximate surface area is 94.7 Å². The topological polar surface area (TPSA) is 161 Å². The lowest BCUT2D eigenvalue weighted by Gasteiger charge is -2.26. The van der Waals surface area contributed by atoms with E-state index in [1.54, 1.807) is 0 Å². The van der Waals surface area contributed by atoms with Crippen LogP contribution in [0.15, 0.2) is 0 Å². The third kappa shape index (κ3) is 4.93. The molecule has 0 amide bonds. The Morgan fingerprint density at radius 2 is 1.24 bits per heavy atom. The van der Waals surface area contributed by atoms with Crippen LogP contribution >= 0.6 is 0 Å². The van der Waals surface area contributed by atoms with E-state index in [2.05, 4.69) is 0 Å². The molecule has 5 N–H and O–H groups in total. The minimum Gasteiger partial charge on any atom is -0.481 e. The Kier molecular flexibility index (Phi) is 5.06. The van der Waals surface area contributed by atoms with E-state index in [9.17, 15) is 19.2 Å². The molecule has 96 valence electrons. The van der Waals surface area contributed by atoms with Crippen molar-refractivity contribution < 1.29 is 39.6 Å². The zero-order chi connectivity index (χ0) is 13.6. The van der Waals surface area contributed by atoms with Gasteiger partial charge in [-0.25, -0.2) is 0 Å². The molecule has 0 aliphatic heterocycles. The van der Waals surface area contributed by atoms with Crippen molar-refractivity contribution in [3.05, 3.63) is 0 Å². The third-order valence-corrected chi connectivity index (χ3v) is 1.89. The molecule has 0 rings (SSSR count). The van der Waals surface area contributed by atoms with Crippen LogP contribution in [0.2, 0.25) is 0 Å². The van der Waals surface area contributed by atoms with Gasteiger partial charge < -0.3 is 20.4 Å². The lowest BCUT2D eigenvalue weighted by atomic mass is 9.91. The monoisotopic (exact) mass is 249 g/mol. The maximum Gasteiger partial charge on any atom is 0.325 e. The number of carboxylic acids is 4. The van der Waals surface area contributed by atoms with Crippen LogP contribution in [0.25, 0.3) is 0 Å². The van der Waals surface area contributed by atoms with E-state index in [0.717, 1.165) is 0 Å². The van der Waals surface area contributed by atoms with Gasteiger partial charge in [0.15, 0.2) is 0 Å². The van der Waals surface area contributed by atoms with E-state index < -0.39 is 48.8 Å². The van der Waals surface area contributed by atoms with E-state index >= 15 is 0 Å². The maximum absolute atomic E-state index is 10.9. The summed E-state index contributed by atoms with van der Waals surface area (Å²) in [6.07, 6.45) is -2.08. The molecule has 0 aromatic rings. The van der Waals surface area contributed by atoms with Gasteiger partial charge in [-0.3, -0.25) is 24.5 Å². The molecule has 9 heteroatoms.